The Kier molecular flexibility index (Phi) is 6.88. The molecule has 5 heteroatoms. The maximum absolute atomic E-state index is 11.9. The molecular formula is C16H24N2O3. The zero-order chi connectivity index (χ0) is 15.8. The van der Waals surface area contributed by atoms with Crippen LogP contribution in [0.15, 0.2) is 24.3 Å². The second-order valence-electron chi connectivity index (χ2n) is 5.40. The SMILES string of the molecule is CC(N)CCCC(=O)N(C)CCc1ccccc1C(=O)O. The van der Waals surface area contributed by atoms with Crippen molar-refractivity contribution in [3.05, 3.63) is 35.4 Å². The first kappa shape index (κ1) is 17.2. The van der Waals surface area contributed by atoms with Gasteiger partial charge >= 0.3 is 5.97 Å². The lowest BCUT2D eigenvalue weighted by atomic mass is 10.0. The van der Waals surface area contributed by atoms with E-state index in [2.05, 4.69) is 0 Å². The zero-order valence-electron chi connectivity index (χ0n) is 12.7. The lowest BCUT2D eigenvalue weighted by Crippen LogP contribution is -2.29. The van der Waals surface area contributed by atoms with Crippen LogP contribution in [-0.4, -0.2) is 41.5 Å². The predicted octanol–water partition coefficient (Wildman–Crippen LogP) is 1.90. The summed E-state index contributed by atoms with van der Waals surface area (Å²) in [5.74, 6) is -0.861. The van der Waals surface area contributed by atoms with Gasteiger partial charge < -0.3 is 15.7 Å². The highest BCUT2D eigenvalue weighted by molar-refractivity contribution is 5.89. The van der Waals surface area contributed by atoms with Gasteiger partial charge in [-0.2, -0.15) is 0 Å². The van der Waals surface area contributed by atoms with Crippen molar-refractivity contribution in [2.24, 2.45) is 5.73 Å². The first-order valence-corrected chi connectivity index (χ1v) is 7.22. The Bertz CT molecular complexity index is 486. The molecule has 0 saturated carbocycles. The van der Waals surface area contributed by atoms with Gasteiger partial charge in [0.25, 0.3) is 0 Å². The first-order valence-electron chi connectivity index (χ1n) is 7.22. The average Bonchev–Trinajstić information content (AvgIpc) is 2.44. The summed E-state index contributed by atoms with van der Waals surface area (Å²) in [4.78, 5) is 24.7. The summed E-state index contributed by atoms with van der Waals surface area (Å²) in [6, 6.07) is 7.01. The van der Waals surface area contributed by atoms with E-state index in [1.807, 2.05) is 13.0 Å². The number of hydrogen-bond donors (Lipinski definition) is 2. The van der Waals surface area contributed by atoms with Gasteiger partial charge in [0.2, 0.25) is 5.91 Å². The van der Waals surface area contributed by atoms with Crippen LogP contribution in [0.2, 0.25) is 0 Å². The van der Waals surface area contributed by atoms with Gasteiger partial charge in [-0.3, -0.25) is 4.79 Å². The summed E-state index contributed by atoms with van der Waals surface area (Å²) in [6.07, 6.45) is 2.64. The topological polar surface area (TPSA) is 83.6 Å². The molecule has 21 heavy (non-hydrogen) atoms. The third-order valence-electron chi connectivity index (χ3n) is 3.44. The van der Waals surface area contributed by atoms with Crippen LogP contribution in [0, 0.1) is 0 Å². The van der Waals surface area contributed by atoms with E-state index in [0.717, 1.165) is 18.4 Å². The Balaban J connectivity index is 2.47. The van der Waals surface area contributed by atoms with Gasteiger partial charge in [0, 0.05) is 26.1 Å². The Hall–Kier alpha value is -1.88. The van der Waals surface area contributed by atoms with E-state index in [0.29, 0.717) is 24.9 Å². The lowest BCUT2D eigenvalue weighted by Gasteiger charge is -2.18. The van der Waals surface area contributed by atoms with E-state index in [1.165, 1.54) is 0 Å². The molecular weight excluding hydrogens is 268 g/mol. The van der Waals surface area contributed by atoms with Crippen molar-refractivity contribution < 1.29 is 14.7 Å². The normalized spacial score (nSPS) is 12.0. The second kappa shape index (κ2) is 8.42. The fraction of sp³-hybridized carbons (Fsp3) is 0.500. The average molecular weight is 292 g/mol. The Morgan fingerprint density at radius 2 is 2.00 bits per heavy atom. The smallest absolute Gasteiger partial charge is 0.335 e. The monoisotopic (exact) mass is 292 g/mol. The summed E-state index contributed by atoms with van der Waals surface area (Å²) in [6.45, 7) is 2.44. The molecule has 1 unspecified atom stereocenters. The van der Waals surface area contributed by atoms with Crippen LogP contribution in [0.3, 0.4) is 0 Å². The fourth-order valence-electron chi connectivity index (χ4n) is 2.13. The highest BCUT2D eigenvalue weighted by Crippen LogP contribution is 2.10. The molecule has 0 spiro atoms. The molecule has 1 rings (SSSR count). The molecule has 116 valence electrons. The van der Waals surface area contributed by atoms with Crippen molar-refractivity contribution in [1.29, 1.82) is 0 Å². The van der Waals surface area contributed by atoms with E-state index >= 15 is 0 Å². The van der Waals surface area contributed by atoms with Crippen molar-refractivity contribution in [3.8, 4) is 0 Å². The molecule has 0 aliphatic carbocycles. The van der Waals surface area contributed by atoms with Gasteiger partial charge in [0.05, 0.1) is 5.56 Å². The molecule has 1 aromatic carbocycles. The number of carbonyl (C=O) groups excluding carboxylic acids is 1. The Morgan fingerprint density at radius 3 is 2.62 bits per heavy atom. The fourth-order valence-corrected chi connectivity index (χ4v) is 2.13. The summed E-state index contributed by atoms with van der Waals surface area (Å²) in [7, 11) is 1.75. The number of carboxylic acid groups (broad SMARTS) is 1. The molecule has 0 bridgehead atoms. The number of nitrogens with two attached hydrogens (primary N) is 1. The van der Waals surface area contributed by atoms with E-state index < -0.39 is 5.97 Å². The largest absolute Gasteiger partial charge is 0.478 e. The summed E-state index contributed by atoms with van der Waals surface area (Å²) < 4.78 is 0. The minimum Gasteiger partial charge on any atom is -0.478 e. The molecule has 5 nitrogen and oxygen atoms in total. The van der Waals surface area contributed by atoms with Gasteiger partial charge in [-0.15, -0.1) is 0 Å². The third kappa shape index (κ3) is 5.95. The van der Waals surface area contributed by atoms with E-state index in [-0.39, 0.29) is 11.9 Å². The van der Waals surface area contributed by atoms with Crippen LogP contribution in [0.4, 0.5) is 0 Å². The highest BCUT2D eigenvalue weighted by atomic mass is 16.4. The number of aromatic carboxylic acids is 1. The minimum absolute atomic E-state index is 0.0726. The van der Waals surface area contributed by atoms with Gasteiger partial charge in [-0.05, 0) is 37.8 Å². The zero-order valence-corrected chi connectivity index (χ0v) is 12.7. The summed E-state index contributed by atoms with van der Waals surface area (Å²) in [5, 5.41) is 9.12. The van der Waals surface area contributed by atoms with Crippen molar-refractivity contribution >= 4 is 11.9 Å². The van der Waals surface area contributed by atoms with Crippen molar-refractivity contribution in [2.45, 2.75) is 38.6 Å². The lowest BCUT2D eigenvalue weighted by molar-refractivity contribution is -0.130. The number of hydrogen-bond acceptors (Lipinski definition) is 3. The van der Waals surface area contributed by atoms with Crippen LogP contribution >= 0.6 is 0 Å². The first-order chi connectivity index (χ1) is 9.91. The molecule has 0 heterocycles. The standard InChI is InChI=1S/C16H24N2O3/c1-12(17)6-5-9-15(19)18(2)11-10-13-7-3-4-8-14(13)16(20)21/h3-4,7-8,12H,5-6,9-11,17H2,1-2H3,(H,20,21). The summed E-state index contributed by atoms with van der Waals surface area (Å²) >= 11 is 0. The number of amides is 1. The van der Waals surface area contributed by atoms with E-state index in [1.54, 1.807) is 30.1 Å². The molecule has 1 atom stereocenters. The van der Waals surface area contributed by atoms with E-state index in [9.17, 15) is 9.59 Å². The van der Waals surface area contributed by atoms with Crippen molar-refractivity contribution in [2.75, 3.05) is 13.6 Å². The number of carboxylic acids is 1. The number of rotatable bonds is 8. The molecule has 0 aliphatic rings. The molecule has 1 aromatic rings. The molecule has 1 amide bonds. The number of benzene rings is 1. The quantitative estimate of drug-likeness (QED) is 0.766. The molecule has 0 aliphatic heterocycles. The van der Waals surface area contributed by atoms with E-state index in [4.69, 9.17) is 10.8 Å². The number of carbonyl (C=O) groups is 2. The number of likely N-dealkylation sites (N-methyl/N-ethyl adjacent to an activating group) is 1. The molecule has 3 N–H and O–H groups in total. The minimum atomic E-state index is -0.934. The molecule has 0 saturated heterocycles. The van der Waals surface area contributed by atoms with Crippen LogP contribution in [-0.2, 0) is 11.2 Å². The molecule has 0 fully saturated rings. The third-order valence-corrected chi connectivity index (χ3v) is 3.44. The van der Waals surface area contributed by atoms with Gasteiger partial charge in [0.15, 0.2) is 0 Å². The summed E-state index contributed by atoms with van der Waals surface area (Å²) in [5.41, 5.74) is 6.71. The second-order valence-corrected chi connectivity index (χ2v) is 5.40. The number of nitrogens with zero attached hydrogens (tertiary/aromatic N) is 1. The Morgan fingerprint density at radius 1 is 1.33 bits per heavy atom. The predicted molar refractivity (Wildman–Crippen MR) is 82.2 cm³/mol. The van der Waals surface area contributed by atoms with Crippen LogP contribution < -0.4 is 5.73 Å². The van der Waals surface area contributed by atoms with Crippen molar-refractivity contribution in [3.63, 3.8) is 0 Å². The van der Waals surface area contributed by atoms with Crippen LogP contribution in [0.25, 0.3) is 0 Å². The van der Waals surface area contributed by atoms with Crippen molar-refractivity contribution in [1.82, 2.24) is 4.90 Å². The van der Waals surface area contributed by atoms with Crippen LogP contribution in [0.5, 0.6) is 0 Å². The highest BCUT2D eigenvalue weighted by Gasteiger charge is 2.12. The van der Waals surface area contributed by atoms with Gasteiger partial charge in [-0.25, -0.2) is 4.79 Å². The van der Waals surface area contributed by atoms with Gasteiger partial charge in [0.1, 0.15) is 0 Å². The van der Waals surface area contributed by atoms with Gasteiger partial charge in [-0.1, -0.05) is 18.2 Å². The maximum Gasteiger partial charge on any atom is 0.335 e. The molecule has 0 radical (unpaired) electrons. The molecule has 0 aromatic heterocycles. The van der Waals surface area contributed by atoms with Crippen LogP contribution in [0.1, 0.15) is 42.1 Å². The maximum atomic E-state index is 11.9. The Labute approximate surface area is 125 Å².